The molecule has 136 valence electrons. The monoisotopic (exact) mass is 366 g/mol. The van der Waals surface area contributed by atoms with Crippen LogP contribution in [0.1, 0.15) is 38.7 Å². The second kappa shape index (κ2) is 8.34. The lowest BCUT2D eigenvalue weighted by Gasteiger charge is -2.39. The summed E-state index contributed by atoms with van der Waals surface area (Å²) in [6, 6.07) is 6.53. The van der Waals surface area contributed by atoms with Crippen molar-refractivity contribution in [3.8, 4) is 0 Å². The molecule has 0 aliphatic heterocycles. The highest BCUT2D eigenvalue weighted by Crippen LogP contribution is 2.45. The zero-order valence-electron chi connectivity index (χ0n) is 14.4. The molecule has 0 atom stereocenters. The summed E-state index contributed by atoms with van der Waals surface area (Å²) in [6.07, 6.45) is 2.22. The fraction of sp³-hybridized carbons (Fsp3) is 0.500. The zero-order chi connectivity index (χ0) is 18.4. The van der Waals surface area contributed by atoms with E-state index in [4.69, 9.17) is 16.3 Å². The quantitative estimate of drug-likeness (QED) is 0.758. The van der Waals surface area contributed by atoms with Gasteiger partial charge in [0.05, 0.1) is 5.41 Å². The van der Waals surface area contributed by atoms with Crippen molar-refractivity contribution in [2.24, 2.45) is 5.92 Å². The summed E-state index contributed by atoms with van der Waals surface area (Å²) in [5.41, 5.74) is 0.0526. The first kappa shape index (κ1) is 19.2. The Bertz CT molecular complexity index is 656. The van der Waals surface area contributed by atoms with Crippen LogP contribution in [0.15, 0.2) is 24.3 Å². The molecule has 1 aromatic carbocycles. The van der Waals surface area contributed by atoms with Gasteiger partial charge in [-0.25, -0.2) is 4.79 Å². The summed E-state index contributed by atoms with van der Waals surface area (Å²) in [5.74, 6) is -0.844. The van der Waals surface area contributed by atoms with Gasteiger partial charge in [0.2, 0.25) is 0 Å². The Morgan fingerprint density at radius 2 is 2.00 bits per heavy atom. The standard InChI is InChI=1S/C18H23ClN2O4/c1-12(2)10-20-17(24)21-15(22)11-25-16(23)18(7-4-8-18)13-5-3-6-14(19)9-13/h3,5-6,9,12H,4,7-8,10-11H2,1-2H3,(H2,20,21,22,24). The molecular weight excluding hydrogens is 344 g/mol. The van der Waals surface area contributed by atoms with Gasteiger partial charge in [0.1, 0.15) is 0 Å². The Kier molecular flexibility index (Phi) is 6.42. The van der Waals surface area contributed by atoms with Gasteiger partial charge in [0, 0.05) is 11.6 Å². The van der Waals surface area contributed by atoms with Crippen molar-refractivity contribution in [3.63, 3.8) is 0 Å². The minimum Gasteiger partial charge on any atom is -0.455 e. The molecule has 25 heavy (non-hydrogen) atoms. The molecule has 0 aromatic heterocycles. The Hall–Kier alpha value is -2.08. The predicted molar refractivity (Wildman–Crippen MR) is 94.3 cm³/mol. The van der Waals surface area contributed by atoms with Crippen molar-refractivity contribution < 1.29 is 19.1 Å². The second-order valence-electron chi connectivity index (χ2n) is 6.67. The highest BCUT2D eigenvalue weighted by molar-refractivity contribution is 6.30. The zero-order valence-corrected chi connectivity index (χ0v) is 15.2. The molecule has 1 fully saturated rings. The maximum absolute atomic E-state index is 12.5. The average Bonchev–Trinajstić information content (AvgIpc) is 2.50. The predicted octanol–water partition coefficient (Wildman–Crippen LogP) is 2.79. The first-order valence-corrected chi connectivity index (χ1v) is 8.72. The van der Waals surface area contributed by atoms with Gasteiger partial charge in [0.25, 0.3) is 5.91 Å². The summed E-state index contributed by atoms with van der Waals surface area (Å²) >= 11 is 6.01. The molecule has 1 aliphatic rings. The Balaban J connectivity index is 1.88. The number of esters is 1. The smallest absolute Gasteiger partial charge is 0.321 e. The number of benzene rings is 1. The third-order valence-corrected chi connectivity index (χ3v) is 4.47. The van der Waals surface area contributed by atoms with Gasteiger partial charge >= 0.3 is 12.0 Å². The van der Waals surface area contributed by atoms with Gasteiger partial charge in [-0.3, -0.25) is 14.9 Å². The molecule has 0 saturated heterocycles. The van der Waals surface area contributed by atoms with Crippen LogP contribution < -0.4 is 10.6 Å². The van der Waals surface area contributed by atoms with Crippen LogP contribution in [-0.4, -0.2) is 31.1 Å². The molecule has 0 spiro atoms. The molecule has 3 amide bonds. The average molecular weight is 367 g/mol. The lowest BCUT2D eigenvalue weighted by molar-refractivity contribution is -0.157. The van der Waals surface area contributed by atoms with Gasteiger partial charge in [-0.1, -0.05) is 44.0 Å². The molecule has 7 heteroatoms. The van der Waals surface area contributed by atoms with Gasteiger partial charge in [-0.15, -0.1) is 0 Å². The normalized spacial score (nSPS) is 15.2. The topological polar surface area (TPSA) is 84.5 Å². The second-order valence-corrected chi connectivity index (χ2v) is 7.11. The van der Waals surface area contributed by atoms with E-state index < -0.39 is 29.9 Å². The van der Waals surface area contributed by atoms with Crippen molar-refractivity contribution in [2.45, 2.75) is 38.5 Å². The fourth-order valence-corrected chi connectivity index (χ4v) is 2.89. The molecule has 2 rings (SSSR count). The van der Waals surface area contributed by atoms with Gasteiger partial charge in [-0.2, -0.15) is 0 Å². The molecule has 6 nitrogen and oxygen atoms in total. The fourth-order valence-electron chi connectivity index (χ4n) is 2.70. The lowest BCUT2D eigenvalue weighted by atomic mass is 9.64. The third kappa shape index (κ3) is 4.95. The van der Waals surface area contributed by atoms with Gasteiger partial charge < -0.3 is 10.1 Å². The van der Waals surface area contributed by atoms with E-state index in [9.17, 15) is 14.4 Å². The minimum atomic E-state index is -0.745. The Labute approximate surface area is 152 Å². The molecule has 2 N–H and O–H groups in total. The van der Waals surface area contributed by atoms with Crippen LogP contribution in [0.2, 0.25) is 5.02 Å². The summed E-state index contributed by atoms with van der Waals surface area (Å²) in [4.78, 5) is 35.8. The number of carbonyl (C=O) groups excluding carboxylic acids is 3. The number of nitrogens with one attached hydrogen (secondary N) is 2. The van der Waals surface area contributed by atoms with E-state index in [1.54, 1.807) is 18.2 Å². The van der Waals surface area contributed by atoms with Crippen LogP contribution in [0.5, 0.6) is 0 Å². The highest BCUT2D eigenvalue weighted by Gasteiger charge is 2.47. The van der Waals surface area contributed by atoms with E-state index in [2.05, 4.69) is 10.6 Å². The number of carbonyl (C=O) groups is 3. The number of imide groups is 1. The molecule has 0 radical (unpaired) electrons. The number of hydrogen-bond acceptors (Lipinski definition) is 4. The number of urea groups is 1. The van der Waals surface area contributed by atoms with E-state index in [-0.39, 0.29) is 5.92 Å². The van der Waals surface area contributed by atoms with Crippen LogP contribution >= 0.6 is 11.6 Å². The van der Waals surface area contributed by atoms with Crippen molar-refractivity contribution in [3.05, 3.63) is 34.9 Å². The van der Waals surface area contributed by atoms with E-state index >= 15 is 0 Å². The molecule has 0 heterocycles. The van der Waals surface area contributed by atoms with Crippen LogP contribution in [0, 0.1) is 5.92 Å². The first-order chi connectivity index (χ1) is 11.8. The van der Waals surface area contributed by atoms with Crippen molar-refractivity contribution in [1.29, 1.82) is 0 Å². The SMILES string of the molecule is CC(C)CNC(=O)NC(=O)COC(=O)C1(c2cccc(Cl)c2)CCC1. The molecular formula is C18H23ClN2O4. The number of amides is 3. The molecule has 1 aromatic rings. The molecule has 0 bridgehead atoms. The molecule has 1 aliphatic carbocycles. The van der Waals surface area contributed by atoms with Crippen molar-refractivity contribution >= 4 is 29.5 Å². The van der Waals surface area contributed by atoms with Gasteiger partial charge in [-0.05, 0) is 36.5 Å². The van der Waals surface area contributed by atoms with Crippen LogP contribution in [0.25, 0.3) is 0 Å². The van der Waals surface area contributed by atoms with Crippen LogP contribution in [0.3, 0.4) is 0 Å². The summed E-state index contributed by atoms with van der Waals surface area (Å²) in [5, 5.41) is 5.25. The maximum atomic E-state index is 12.5. The number of halogens is 1. The highest BCUT2D eigenvalue weighted by atomic mass is 35.5. The van der Waals surface area contributed by atoms with Crippen LogP contribution in [0.4, 0.5) is 4.79 Å². The summed E-state index contributed by atoms with van der Waals surface area (Å²) < 4.78 is 5.16. The molecule has 0 unspecified atom stereocenters. The maximum Gasteiger partial charge on any atom is 0.321 e. The Morgan fingerprint density at radius 3 is 2.56 bits per heavy atom. The third-order valence-electron chi connectivity index (χ3n) is 4.23. The van der Waals surface area contributed by atoms with E-state index in [0.29, 0.717) is 24.4 Å². The van der Waals surface area contributed by atoms with Gasteiger partial charge in [0.15, 0.2) is 6.61 Å². The van der Waals surface area contributed by atoms with Crippen molar-refractivity contribution in [2.75, 3.05) is 13.2 Å². The minimum absolute atomic E-state index is 0.273. The Morgan fingerprint density at radius 1 is 1.28 bits per heavy atom. The van der Waals surface area contributed by atoms with Crippen molar-refractivity contribution in [1.82, 2.24) is 10.6 Å². The summed E-state index contributed by atoms with van der Waals surface area (Å²) in [7, 11) is 0. The first-order valence-electron chi connectivity index (χ1n) is 8.34. The number of rotatable bonds is 6. The summed E-state index contributed by atoms with van der Waals surface area (Å²) in [6.45, 7) is 3.85. The largest absolute Gasteiger partial charge is 0.455 e. The number of hydrogen-bond donors (Lipinski definition) is 2. The van der Waals surface area contributed by atoms with Crippen LogP contribution in [-0.2, 0) is 19.7 Å². The number of ether oxygens (including phenoxy) is 1. The van der Waals surface area contributed by atoms with E-state index in [0.717, 1.165) is 12.0 Å². The lowest BCUT2D eigenvalue weighted by Crippen LogP contribution is -2.46. The van der Waals surface area contributed by atoms with E-state index in [1.165, 1.54) is 0 Å². The van der Waals surface area contributed by atoms with E-state index in [1.807, 2.05) is 19.9 Å². The molecule has 1 saturated carbocycles.